The second-order valence-corrected chi connectivity index (χ2v) is 3.99. The van der Waals surface area contributed by atoms with Crippen LogP contribution in [0.4, 0.5) is 17.1 Å². The number of rotatable bonds is 1. The summed E-state index contributed by atoms with van der Waals surface area (Å²) in [5.74, 6) is 0. The summed E-state index contributed by atoms with van der Waals surface area (Å²) in [4.78, 5) is 0. The third kappa shape index (κ3) is 2.39. The van der Waals surface area contributed by atoms with Crippen molar-refractivity contribution in [3.8, 4) is 0 Å². The molecule has 0 saturated heterocycles. The molecule has 3 heteroatoms. The van der Waals surface area contributed by atoms with Gasteiger partial charge < -0.3 is 17.2 Å². The van der Waals surface area contributed by atoms with E-state index in [1.807, 2.05) is 36.4 Å². The zero-order valence-electron chi connectivity index (χ0n) is 9.48. The lowest BCUT2D eigenvalue weighted by Crippen LogP contribution is -2.23. The second-order valence-electron chi connectivity index (χ2n) is 3.99. The van der Waals surface area contributed by atoms with Gasteiger partial charge in [0.05, 0.1) is 0 Å². The molecule has 0 fully saturated rings. The molecule has 0 amide bonds. The van der Waals surface area contributed by atoms with Crippen LogP contribution >= 0.6 is 0 Å². The van der Waals surface area contributed by atoms with Gasteiger partial charge in [-0.15, -0.1) is 0 Å². The number of nitrogen functional groups attached to an aromatic ring is 3. The molecule has 0 saturated carbocycles. The summed E-state index contributed by atoms with van der Waals surface area (Å²) in [6.07, 6.45) is 1.97. The van der Waals surface area contributed by atoms with Crippen molar-refractivity contribution in [1.29, 1.82) is 0 Å². The zero-order chi connectivity index (χ0) is 12.4. The standard InChI is InChI=1S/C14H15N3/c1-9-6-12(15)4-2-10(9)7-11-3-5-13(16)8-14(11)17/h2-8H,1,15-17H2/b10-7-. The summed E-state index contributed by atoms with van der Waals surface area (Å²) in [6.45, 7) is 3.95. The Morgan fingerprint density at radius 3 is 2.18 bits per heavy atom. The summed E-state index contributed by atoms with van der Waals surface area (Å²) >= 11 is 0. The van der Waals surface area contributed by atoms with E-state index in [0.717, 1.165) is 16.0 Å². The van der Waals surface area contributed by atoms with E-state index in [0.29, 0.717) is 17.1 Å². The Labute approximate surface area is 99.9 Å². The molecule has 2 rings (SSSR count). The van der Waals surface area contributed by atoms with Gasteiger partial charge in [0.1, 0.15) is 0 Å². The molecule has 0 atom stereocenters. The van der Waals surface area contributed by atoms with Crippen LogP contribution in [0, 0.1) is 0 Å². The number of hydrogen-bond donors (Lipinski definition) is 3. The van der Waals surface area contributed by atoms with E-state index < -0.39 is 0 Å². The van der Waals surface area contributed by atoms with Crippen LogP contribution in [0.15, 0.2) is 36.4 Å². The molecular formula is C14H15N3. The van der Waals surface area contributed by atoms with Crippen molar-refractivity contribution in [3.63, 3.8) is 0 Å². The molecule has 0 heterocycles. The minimum Gasteiger partial charge on any atom is -0.399 e. The van der Waals surface area contributed by atoms with Crippen molar-refractivity contribution < 1.29 is 0 Å². The first-order chi connectivity index (χ1) is 8.06. The van der Waals surface area contributed by atoms with E-state index in [2.05, 4.69) is 6.58 Å². The van der Waals surface area contributed by atoms with Gasteiger partial charge in [-0.3, -0.25) is 0 Å². The van der Waals surface area contributed by atoms with Crippen LogP contribution in [-0.2, 0) is 0 Å². The van der Waals surface area contributed by atoms with E-state index in [4.69, 9.17) is 17.2 Å². The number of hydrogen-bond acceptors (Lipinski definition) is 3. The maximum Gasteiger partial charge on any atom is 0.0408 e. The lowest BCUT2D eigenvalue weighted by molar-refractivity contribution is 1.51. The first kappa shape index (κ1) is 11.1. The number of anilines is 3. The lowest BCUT2D eigenvalue weighted by atomic mass is 10.1. The lowest BCUT2D eigenvalue weighted by Gasteiger charge is -2.01. The van der Waals surface area contributed by atoms with Crippen LogP contribution < -0.4 is 27.6 Å². The molecule has 3 nitrogen and oxygen atoms in total. The van der Waals surface area contributed by atoms with Crippen molar-refractivity contribution in [2.75, 3.05) is 17.2 Å². The van der Waals surface area contributed by atoms with Crippen LogP contribution in [0.25, 0.3) is 12.7 Å². The van der Waals surface area contributed by atoms with Gasteiger partial charge in [-0.25, -0.2) is 0 Å². The van der Waals surface area contributed by atoms with Crippen molar-refractivity contribution >= 4 is 29.7 Å². The van der Waals surface area contributed by atoms with Crippen molar-refractivity contribution in [1.82, 2.24) is 0 Å². The van der Waals surface area contributed by atoms with Crippen LogP contribution in [0.1, 0.15) is 5.56 Å². The van der Waals surface area contributed by atoms with Gasteiger partial charge in [0.15, 0.2) is 0 Å². The fourth-order valence-electron chi connectivity index (χ4n) is 1.66. The Balaban J connectivity index is 2.59. The minimum absolute atomic E-state index is 0.654. The molecule has 6 N–H and O–H groups in total. The molecule has 0 radical (unpaired) electrons. The molecule has 2 aromatic rings. The fourth-order valence-corrected chi connectivity index (χ4v) is 1.66. The molecule has 0 unspecified atom stereocenters. The molecule has 86 valence electrons. The topological polar surface area (TPSA) is 78.1 Å². The van der Waals surface area contributed by atoms with Crippen molar-refractivity contribution in [2.24, 2.45) is 0 Å². The monoisotopic (exact) mass is 225 g/mol. The summed E-state index contributed by atoms with van der Waals surface area (Å²) in [6, 6.07) is 11.1. The molecule has 0 aliphatic carbocycles. The van der Waals surface area contributed by atoms with Crippen LogP contribution in [0.5, 0.6) is 0 Å². The number of nitrogens with two attached hydrogens (primary N) is 3. The van der Waals surface area contributed by atoms with Crippen LogP contribution in [-0.4, -0.2) is 0 Å². The highest BCUT2D eigenvalue weighted by Gasteiger charge is 1.96. The summed E-state index contributed by atoms with van der Waals surface area (Å²) in [5, 5.41) is 1.87. The van der Waals surface area contributed by atoms with Crippen LogP contribution in [0.3, 0.4) is 0 Å². The highest BCUT2D eigenvalue weighted by molar-refractivity contribution is 5.68. The first-order valence-electron chi connectivity index (χ1n) is 5.27. The Hall–Kier alpha value is -2.42. The predicted molar refractivity (Wildman–Crippen MR) is 74.5 cm³/mol. The Morgan fingerprint density at radius 1 is 0.882 bits per heavy atom. The van der Waals surface area contributed by atoms with E-state index in [1.165, 1.54) is 0 Å². The number of benzene rings is 2. The molecule has 0 spiro atoms. The SMILES string of the molecule is C=c1cc(N)cc/c1=C/c1ccc(N)cc1N. The van der Waals surface area contributed by atoms with Gasteiger partial charge in [-0.2, -0.15) is 0 Å². The maximum absolute atomic E-state index is 5.89. The van der Waals surface area contributed by atoms with Crippen LogP contribution in [0.2, 0.25) is 0 Å². The van der Waals surface area contributed by atoms with E-state index >= 15 is 0 Å². The summed E-state index contributed by atoms with van der Waals surface area (Å²) in [7, 11) is 0. The van der Waals surface area contributed by atoms with Gasteiger partial charge in [-0.05, 0) is 46.3 Å². The quantitative estimate of drug-likeness (QED) is 0.624. The molecule has 2 aromatic carbocycles. The normalized spacial score (nSPS) is 11.6. The van der Waals surface area contributed by atoms with Gasteiger partial charge in [0, 0.05) is 17.1 Å². The second kappa shape index (κ2) is 4.22. The smallest absolute Gasteiger partial charge is 0.0408 e. The highest BCUT2D eigenvalue weighted by atomic mass is 14.6. The van der Waals surface area contributed by atoms with Gasteiger partial charge in [-0.1, -0.05) is 18.7 Å². The molecule has 0 bridgehead atoms. The third-order valence-corrected chi connectivity index (χ3v) is 2.59. The summed E-state index contributed by atoms with van der Waals surface area (Å²) < 4.78 is 0. The molecular weight excluding hydrogens is 210 g/mol. The zero-order valence-corrected chi connectivity index (χ0v) is 9.48. The maximum atomic E-state index is 5.89. The third-order valence-electron chi connectivity index (χ3n) is 2.59. The predicted octanol–water partition coefficient (Wildman–Crippen LogP) is 0.672. The fraction of sp³-hybridized carbons (Fsp3) is 0. The van der Waals surface area contributed by atoms with E-state index in [-0.39, 0.29) is 0 Å². The minimum atomic E-state index is 0.654. The summed E-state index contributed by atoms with van der Waals surface area (Å²) in [5.41, 5.74) is 20.2. The van der Waals surface area contributed by atoms with Gasteiger partial charge in [0.25, 0.3) is 0 Å². The van der Waals surface area contributed by atoms with E-state index in [1.54, 1.807) is 6.07 Å². The molecule has 0 aliphatic heterocycles. The Bertz CT molecular complexity index is 660. The van der Waals surface area contributed by atoms with Gasteiger partial charge >= 0.3 is 0 Å². The van der Waals surface area contributed by atoms with Gasteiger partial charge in [0.2, 0.25) is 0 Å². The average Bonchev–Trinajstić information content (AvgIpc) is 2.25. The first-order valence-corrected chi connectivity index (χ1v) is 5.27. The molecule has 0 aliphatic rings. The Morgan fingerprint density at radius 2 is 1.53 bits per heavy atom. The molecule has 17 heavy (non-hydrogen) atoms. The largest absolute Gasteiger partial charge is 0.399 e. The molecule has 0 aromatic heterocycles. The highest BCUT2D eigenvalue weighted by Crippen LogP contribution is 2.15. The van der Waals surface area contributed by atoms with Crippen molar-refractivity contribution in [2.45, 2.75) is 0 Å². The average molecular weight is 225 g/mol. The van der Waals surface area contributed by atoms with E-state index in [9.17, 15) is 0 Å². The Kier molecular flexibility index (Phi) is 2.75. The van der Waals surface area contributed by atoms with Crippen molar-refractivity contribution in [3.05, 3.63) is 52.4 Å².